The van der Waals surface area contributed by atoms with E-state index < -0.39 is 0 Å². The van der Waals surface area contributed by atoms with Gasteiger partial charge in [0.2, 0.25) is 0 Å². The Morgan fingerprint density at radius 3 is 2.86 bits per heavy atom. The summed E-state index contributed by atoms with van der Waals surface area (Å²) in [5, 5.41) is 4.19. The van der Waals surface area contributed by atoms with E-state index in [4.69, 9.17) is 5.73 Å². The fourth-order valence-electron chi connectivity index (χ4n) is 2.20. The number of hydrogen-bond acceptors (Lipinski definition) is 3. The van der Waals surface area contributed by atoms with Crippen LogP contribution in [0.1, 0.15) is 17.9 Å². The molecule has 0 spiro atoms. The van der Waals surface area contributed by atoms with Crippen molar-refractivity contribution in [2.75, 3.05) is 20.1 Å². The van der Waals surface area contributed by atoms with Crippen molar-refractivity contribution in [3.63, 3.8) is 0 Å². The Bertz CT molecular complexity index is 307. The molecule has 0 radical (unpaired) electrons. The zero-order valence-electron chi connectivity index (χ0n) is 8.85. The molecule has 1 aromatic rings. The lowest BCUT2D eigenvalue weighted by atomic mass is 9.88. The minimum atomic E-state index is 0.248. The molecular formula is C10H18N4. The van der Waals surface area contributed by atoms with Gasteiger partial charge in [-0.1, -0.05) is 0 Å². The predicted octanol–water partition coefficient (Wildman–Crippen LogP) is 0.167. The highest BCUT2D eigenvalue weighted by Gasteiger charge is 2.26. The lowest BCUT2D eigenvalue weighted by molar-refractivity contribution is 0.228. The summed E-state index contributed by atoms with van der Waals surface area (Å²) in [5.74, 6) is 0.486. The van der Waals surface area contributed by atoms with Gasteiger partial charge in [0.05, 0.1) is 6.20 Å². The summed E-state index contributed by atoms with van der Waals surface area (Å²) >= 11 is 0. The third-order valence-electron chi connectivity index (χ3n) is 3.01. The van der Waals surface area contributed by atoms with Crippen LogP contribution in [0.15, 0.2) is 12.4 Å². The molecule has 14 heavy (non-hydrogen) atoms. The second kappa shape index (κ2) is 3.71. The highest BCUT2D eigenvalue weighted by molar-refractivity contribution is 5.15. The van der Waals surface area contributed by atoms with Crippen LogP contribution in [-0.2, 0) is 7.05 Å². The van der Waals surface area contributed by atoms with Crippen LogP contribution < -0.4 is 5.73 Å². The second-order valence-corrected chi connectivity index (χ2v) is 4.27. The van der Waals surface area contributed by atoms with Gasteiger partial charge >= 0.3 is 0 Å². The molecule has 1 fully saturated rings. The standard InChI is InChI=1S/C10H18N4/c1-13-4-3-9(10(11)7-13)8-5-12-14(2)6-8/h5-6,9-10H,3-4,7,11H2,1-2H3/t9-,10+/m0/s1. The molecule has 4 heteroatoms. The molecule has 2 rings (SSSR count). The lowest BCUT2D eigenvalue weighted by Gasteiger charge is -2.34. The number of aryl methyl sites for hydroxylation is 1. The quantitative estimate of drug-likeness (QED) is 0.693. The molecule has 1 saturated heterocycles. The first-order valence-electron chi connectivity index (χ1n) is 5.09. The molecule has 0 saturated carbocycles. The van der Waals surface area contributed by atoms with Crippen molar-refractivity contribution < 1.29 is 0 Å². The van der Waals surface area contributed by atoms with E-state index in [-0.39, 0.29) is 6.04 Å². The Hall–Kier alpha value is -0.870. The van der Waals surface area contributed by atoms with Crippen molar-refractivity contribution in [1.82, 2.24) is 14.7 Å². The normalized spacial score (nSPS) is 29.4. The van der Waals surface area contributed by atoms with Crippen LogP contribution in [0.5, 0.6) is 0 Å². The Balaban J connectivity index is 2.11. The SMILES string of the molecule is CN1CC[C@@H](c2cnn(C)c2)[C@H](N)C1. The van der Waals surface area contributed by atoms with Gasteiger partial charge in [-0.15, -0.1) is 0 Å². The maximum Gasteiger partial charge on any atom is 0.0525 e. The third-order valence-corrected chi connectivity index (χ3v) is 3.01. The number of piperidine rings is 1. The second-order valence-electron chi connectivity index (χ2n) is 4.27. The van der Waals surface area contributed by atoms with Crippen molar-refractivity contribution in [2.45, 2.75) is 18.4 Å². The Labute approximate surface area is 84.7 Å². The van der Waals surface area contributed by atoms with E-state index in [1.807, 2.05) is 17.9 Å². The Kier molecular flexibility index (Phi) is 2.56. The molecule has 0 unspecified atom stereocenters. The van der Waals surface area contributed by atoms with Crippen LogP contribution in [0.25, 0.3) is 0 Å². The van der Waals surface area contributed by atoms with E-state index in [9.17, 15) is 0 Å². The molecule has 1 aliphatic rings. The number of rotatable bonds is 1. The van der Waals surface area contributed by atoms with Crippen molar-refractivity contribution in [1.29, 1.82) is 0 Å². The van der Waals surface area contributed by atoms with E-state index in [2.05, 4.69) is 23.2 Å². The molecule has 2 heterocycles. The van der Waals surface area contributed by atoms with E-state index in [1.54, 1.807) is 0 Å². The molecule has 1 aromatic heterocycles. The number of aromatic nitrogens is 2. The van der Waals surface area contributed by atoms with Gasteiger partial charge in [-0.25, -0.2) is 0 Å². The largest absolute Gasteiger partial charge is 0.326 e. The first-order chi connectivity index (χ1) is 6.66. The highest BCUT2D eigenvalue weighted by atomic mass is 15.2. The van der Waals surface area contributed by atoms with Gasteiger partial charge in [-0.2, -0.15) is 5.10 Å². The summed E-state index contributed by atoms with van der Waals surface area (Å²) in [6, 6.07) is 0.248. The average Bonchev–Trinajstić information content (AvgIpc) is 2.51. The number of nitrogens with two attached hydrogens (primary N) is 1. The van der Waals surface area contributed by atoms with Crippen LogP contribution >= 0.6 is 0 Å². The summed E-state index contributed by atoms with van der Waals surface area (Å²) < 4.78 is 1.85. The first-order valence-corrected chi connectivity index (χ1v) is 5.09. The molecule has 0 bridgehead atoms. The topological polar surface area (TPSA) is 47.1 Å². The van der Waals surface area contributed by atoms with Gasteiger partial charge in [0.25, 0.3) is 0 Å². The zero-order valence-corrected chi connectivity index (χ0v) is 8.85. The van der Waals surface area contributed by atoms with Crippen molar-refractivity contribution in [2.24, 2.45) is 12.8 Å². The van der Waals surface area contributed by atoms with Crippen molar-refractivity contribution in [3.8, 4) is 0 Å². The van der Waals surface area contributed by atoms with Crippen molar-refractivity contribution >= 4 is 0 Å². The van der Waals surface area contributed by atoms with Gasteiger partial charge in [-0.05, 0) is 25.6 Å². The molecule has 4 nitrogen and oxygen atoms in total. The first kappa shape index (κ1) is 9.68. The van der Waals surface area contributed by atoms with E-state index in [0.29, 0.717) is 5.92 Å². The molecule has 2 N–H and O–H groups in total. The van der Waals surface area contributed by atoms with Crippen LogP contribution in [0.4, 0.5) is 0 Å². The summed E-state index contributed by atoms with van der Waals surface area (Å²) in [4.78, 5) is 2.29. The summed E-state index contributed by atoms with van der Waals surface area (Å²) in [7, 11) is 4.07. The van der Waals surface area contributed by atoms with Crippen LogP contribution in [0.3, 0.4) is 0 Å². The molecule has 0 aromatic carbocycles. The molecule has 2 atom stereocenters. The minimum Gasteiger partial charge on any atom is -0.326 e. The third kappa shape index (κ3) is 1.81. The van der Waals surface area contributed by atoms with E-state index in [1.165, 1.54) is 5.56 Å². The number of nitrogens with zero attached hydrogens (tertiary/aromatic N) is 3. The summed E-state index contributed by atoms with van der Waals surface area (Å²) in [6.07, 6.45) is 5.16. The number of likely N-dealkylation sites (N-methyl/N-ethyl adjacent to an activating group) is 1. The smallest absolute Gasteiger partial charge is 0.0525 e. The monoisotopic (exact) mass is 194 g/mol. The van der Waals surface area contributed by atoms with Gasteiger partial charge in [0.1, 0.15) is 0 Å². The number of hydrogen-bond donors (Lipinski definition) is 1. The van der Waals surface area contributed by atoms with E-state index >= 15 is 0 Å². The molecular weight excluding hydrogens is 176 g/mol. The maximum atomic E-state index is 6.13. The average molecular weight is 194 g/mol. The van der Waals surface area contributed by atoms with E-state index in [0.717, 1.165) is 19.5 Å². The van der Waals surface area contributed by atoms with Gasteiger partial charge < -0.3 is 10.6 Å². The minimum absolute atomic E-state index is 0.248. The lowest BCUT2D eigenvalue weighted by Crippen LogP contribution is -2.45. The molecule has 0 amide bonds. The van der Waals surface area contributed by atoms with Crippen LogP contribution in [-0.4, -0.2) is 40.9 Å². The van der Waals surface area contributed by atoms with Crippen LogP contribution in [0, 0.1) is 0 Å². The molecule has 1 aliphatic heterocycles. The van der Waals surface area contributed by atoms with Gasteiger partial charge in [0.15, 0.2) is 0 Å². The van der Waals surface area contributed by atoms with Gasteiger partial charge in [-0.3, -0.25) is 4.68 Å². The highest BCUT2D eigenvalue weighted by Crippen LogP contribution is 2.25. The fraction of sp³-hybridized carbons (Fsp3) is 0.700. The molecule has 0 aliphatic carbocycles. The summed E-state index contributed by atoms with van der Waals surface area (Å²) in [6.45, 7) is 2.12. The molecule has 78 valence electrons. The summed E-state index contributed by atoms with van der Waals surface area (Å²) in [5.41, 5.74) is 7.42. The fourth-order valence-corrected chi connectivity index (χ4v) is 2.20. The van der Waals surface area contributed by atoms with Gasteiger partial charge in [0, 0.05) is 31.7 Å². The maximum absolute atomic E-state index is 6.13. The zero-order chi connectivity index (χ0) is 10.1. The number of likely N-dealkylation sites (tertiary alicyclic amines) is 1. The predicted molar refractivity (Wildman–Crippen MR) is 56.0 cm³/mol. The Morgan fingerprint density at radius 2 is 2.29 bits per heavy atom. The Morgan fingerprint density at radius 1 is 1.50 bits per heavy atom. The van der Waals surface area contributed by atoms with Crippen LogP contribution in [0.2, 0.25) is 0 Å². The van der Waals surface area contributed by atoms with Crippen molar-refractivity contribution in [3.05, 3.63) is 18.0 Å².